The van der Waals surface area contributed by atoms with Gasteiger partial charge in [-0.15, -0.1) is 0 Å². The van der Waals surface area contributed by atoms with E-state index in [1.807, 2.05) is 31.2 Å². The third-order valence-corrected chi connectivity index (χ3v) is 6.28. The molecule has 2 aromatic rings. The van der Waals surface area contributed by atoms with E-state index in [1.54, 1.807) is 6.07 Å². The zero-order chi connectivity index (χ0) is 18.7. The Morgan fingerprint density at radius 3 is 2.42 bits per heavy atom. The maximum Gasteiger partial charge on any atom is 0.132 e. The second kappa shape index (κ2) is 8.43. The Morgan fingerprint density at radius 1 is 1.08 bits per heavy atom. The maximum absolute atomic E-state index is 14.5. The first-order valence-electron chi connectivity index (χ1n) is 9.20. The van der Waals surface area contributed by atoms with Crippen molar-refractivity contribution < 1.29 is 4.39 Å². The predicted molar refractivity (Wildman–Crippen MR) is 114 cm³/mol. The van der Waals surface area contributed by atoms with Crippen LogP contribution >= 0.6 is 11.3 Å². The lowest BCUT2D eigenvalue weighted by Gasteiger charge is -2.27. The minimum atomic E-state index is -0.209. The van der Waals surface area contributed by atoms with Gasteiger partial charge in [0.15, 0.2) is 0 Å². The highest BCUT2D eigenvalue weighted by molar-refractivity contribution is 7.23. The van der Waals surface area contributed by atoms with Crippen molar-refractivity contribution >= 4 is 37.4 Å². The number of halogens is 1. The molecule has 1 aromatic heterocycles. The second-order valence-corrected chi connectivity index (χ2v) is 8.38. The number of benzene rings is 1. The molecule has 0 saturated heterocycles. The first-order chi connectivity index (χ1) is 12.4. The van der Waals surface area contributed by atoms with Gasteiger partial charge in [0.25, 0.3) is 0 Å². The van der Waals surface area contributed by atoms with Gasteiger partial charge in [-0.2, -0.15) is 11.3 Å². The summed E-state index contributed by atoms with van der Waals surface area (Å²) < 4.78 is 15.2. The van der Waals surface area contributed by atoms with E-state index in [4.69, 9.17) is 15.7 Å². The van der Waals surface area contributed by atoms with Gasteiger partial charge in [-0.3, -0.25) is 0 Å². The Morgan fingerprint density at radius 2 is 1.81 bits per heavy atom. The van der Waals surface area contributed by atoms with E-state index in [1.165, 1.54) is 29.8 Å². The molecule has 1 aliphatic rings. The highest BCUT2D eigenvalue weighted by Crippen LogP contribution is 2.35. The molecule has 0 spiro atoms. The van der Waals surface area contributed by atoms with Gasteiger partial charge in [0, 0.05) is 10.4 Å². The summed E-state index contributed by atoms with van der Waals surface area (Å²) >= 11 is 1.40. The van der Waals surface area contributed by atoms with Gasteiger partial charge in [-0.1, -0.05) is 54.6 Å². The van der Waals surface area contributed by atoms with E-state index in [0.717, 1.165) is 28.9 Å². The summed E-state index contributed by atoms with van der Waals surface area (Å²) in [5, 5.41) is 0. The van der Waals surface area contributed by atoms with Crippen LogP contribution in [0.5, 0.6) is 0 Å². The van der Waals surface area contributed by atoms with E-state index >= 15 is 0 Å². The molecule has 26 heavy (non-hydrogen) atoms. The third kappa shape index (κ3) is 4.59. The SMILES string of the molecule is [B]c1ccc(-c2ccc(/C(C)=C/C=C(\C)C3CCC([B])CC3)cc2F)s1. The van der Waals surface area contributed by atoms with Crippen LogP contribution in [0.2, 0.25) is 5.82 Å². The Hall–Kier alpha value is -1.54. The van der Waals surface area contributed by atoms with Gasteiger partial charge in [-0.05, 0) is 60.7 Å². The van der Waals surface area contributed by atoms with E-state index < -0.39 is 0 Å². The summed E-state index contributed by atoms with van der Waals surface area (Å²) in [7, 11) is 11.7. The molecule has 0 N–H and O–H groups in total. The summed E-state index contributed by atoms with van der Waals surface area (Å²) in [5.41, 5.74) is 3.97. The maximum atomic E-state index is 14.5. The van der Waals surface area contributed by atoms with Gasteiger partial charge in [-0.25, -0.2) is 4.39 Å². The van der Waals surface area contributed by atoms with Crippen LogP contribution in [0.25, 0.3) is 16.0 Å². The van der Waals surface area contributed by atoms with Crippen LogP contribution in [0.3, 0.4) is 0 Å². The molecule has 0 amide bonds. The van der Waals surface area contributed by atoms with Crippen LogP contribution in [0.15, 0.2) is 48.1 Å². The van der Waals surface area contributed by atoms with Crippen molar-refractivity contribution in [3.8, 4) is 10.4 Å². The van der Waals surface area contributed by atoms with E-state index in [0.29, 0.717) is 22.1 Å². The Kier molecular flexibility index (Phi) is 6.24. The molecular formula is C22H23B2FS. The van der Waals surface area contributed by atoms with Crippen LogP contribution in [0.4, 0.5) is 4.39 Å². The fourth-order valence-electron chi connectivity index (χ4n) is 3.52. The molecular weight excluding hydrogens is 337 g/mol. The topological polar surface area (TPSA) is 0 Å². The molecule has 0 atom stereocenters. The second-order valence-electron chi connectivity index (χ2n) is 7.27. The van der Waals surface area contributed by atoms with Crippen LogP contribution < -0.4 is 4.78 Å². The number of rotatable bonds is 4. The first kappa shape index (κ1) is 19.2. The molecule has 3 rings (SSSR count). The number of allylic oxidation sites excluding steroid dienone is 4. The largest absolute Gasteiger partial charge is 0.206 e. The van der Waals surface area contributed by atoms with Crippen molar-refractivity contribution in [1.82, 2.24) is 0 Å². The van der Waals surface area contributed by atoms with Crippen LogP contribution in [0.1, 0.15) is 45.1 Å². The van der Waals surface area contributed by atoms with Crippen molar-refractivity contribution in [3.63, 3.8) is 0 Å². The fourth-order valence-corrected chi connectivity index (χ4v) is 4.32. The van der Waals surface area contributed by atoms with Crippen molar-refractivity contribution in [2.75, 3.05) is 0 Å². The summed E-state index contributed by atoms with van der Waals surface area (Å²) in [4.78, 5) is 0.861. The highest BCUT2D eigenvalue weighted by atomic mass is 32.1. The third-order valence-electron chi connectivity index (χ3n) is 5.33. The molecule has 1 heterocycles. The molecule has 130 valence electrons. The first-order valence-corrected chi connectivity index (χ1v) is 10.0. The van der Waals surface area contributed by atoms with Crippen molar-refractivity contribution in [1.29, 1.82) is 0 Å². The molecule has 1 aromatic carbocycles. The van der Waals surface area contributed by atoms with E-state index in [2.05, 4.69) is 19.1 Å². The Labute approximate surface area is 163 Å². The lowest BCUT2D eigenvalue weighted by Crippen LogP contribution is -2.11. The molecule has 0 bridgehead atoms. The average Bonchev–Trinajstić information content (AvgIpc) is 3.06. The van der Waals surface area contributed by atoms with Crippen molar-refractivity contribution in [3.05, 3.63) is 59.4 Å². The minimum Gasteiger partial charge on any atom is -0.206 e. The monoisotopic (exact) mass is 360 g/mol. The van der Waals surface area contributed by atoms with Crippen LogP contribution in [0, 0.1) is 11.7 Å². The summed E-state index contributed by atoms with van der Waals surface area (Å²) in [5.74, 6) is 0.790. The van der Waals surface area contributed by atoms with E-state index in [-0.39, 0.29) is 5.82 Å². The molecule has 0 aliphatic heterocycles. The zero-order valence-corrected chi connectivity index (χ0v) is 16.3. The summed E-state index contributed by atoms with van der Waals surface area (Å²) in [6.07, 6.45) is 8.84. The quantitative estimate of drug-likeness (QED) is 0.474. The zero-order valence-electron chi connectivity index (χ0n) is 15.5. The van der Waals surface area contributed by atoms with Gasteiger partial charge in [0.05, 0.1) is 7.85 Å². The smallest absolute Gasteiger partial charge is 0.132 e. The van der Waals surface area contributed by atoms with Crippen molar-refractivity contribution in [2.45, 2.75) is 45.3 Å². The number of hydrogen-bond donors (Lipinski definition) is 0. The van der Waals surface area contributed by atoms with Gasteiger partial charge in [0.1, 0.15) is 13.7 Å². The number of thiophene rings is 1. The van der Waals surface area contributed by atoms with E-state index in [9.17, 15) is 4.39 Å². The molecule has 1 fully saturated rings. The molecule has 0 nitrogen and oxygen atoms in total. The Bertz CT molecular complexity index is 826. The minimum absolute atomic E-state index is 0.209. The highest BCUT2D eigenvalue weighted by Gasteiger charge is 2.18. The molecule has 4 radical (unpaired) electrons. The lowest BCUT2D eigenvalue weighted by molar-refractivity contribution is 0.403. The normalized spacial score (nSPS) is 21.8. The molecule has 1 saturated carbocycles. The predicted octanol–water partition coefficient (Wildman–Crippen LogP) is 5.84. The molecule has 0 unspecified atom stereocenters. The average molecular weight is 360 g/mol. The van der Waals surface area contributed by atoms with Crippen molar-refractivity contribution in [2.24, 2.45) is 5.92 Å². The molecule has 1 aliphatic carbocycles. The van der Waals surface area contributed by atoms with Gasteiger partial charge in [0.2, 0.25) is 0 Å². The van der Waals surface area contributed by atoms with Gasteiger partial charge < -0.3 is 0 Å². The standard InChI is InChI=1S/C22H23B2FS/c1-14(16-5-8-18(23)9-6-16)3-4-15(2)17-7-10-19(20(25)13-17)21-11-12-22(24)26-21/h3-4,7,10-13,16,18H,5-6,8-9H2,1-2H3/b14-3+,15-4+. The van der Waals surface area contributed by atoms with Crippen LogP contribution in [-0.2, 0) is 0 Å². The molecule has 4 heteroatoms. The number of hydrogen-bond acceptors (Lipinski definition) is 1. The van der Waals surface area contributed by atoms with Crippen LogP contribution in [-0.4, -0.2) is 15.7 Å². The summed E-state index contributed by atoms with van der Waals surface area (Å²) in [6.45, 7) is 4.22. The fraction of sp³-hybridized carbons (Fsp3) is 0.364. The van der Waals surface area contributed by atoms with Gasteiger partial charge >= 0.3 is 0 Å². The lowest BCUT2D eigenvalue weighted by atomic mass is 9.70. The summed E-state index contributed by atoms with van der Waals surface area (Å²) in [6, 6.07) is 9.10. The Balaban J connectivity index is 1.74.